The first kappa shape index (κ1) is 15.1. The fourth-order valence-corrected chi connectivity index (χ4v) is 4.01. The normalized spacial score (nSPS) is 12.5. The summed E-state index contributed by atoms with van der Waals surface area (Å²) in [5.74, 6) is -0.150. The number of amides is 1. The molecule has 1 aromatic rings. The number of carbonyl (C=O) groups excluding carboxylic acids is 1. The number of carbonyl (C=O) groups is 1. The van der Waals surface area contributed by atoms with E-state index in [2.05, 4.69) is 37.2 Å². The monoisotopic (exact) mass is 385 g/mol. The zero-order chi connectivity index (χ0) is 12.8. The van der Waals surface area contributed by atoms with Gasteiger partial charge in [-0.1, -0.05) is 0 Å². The van der Waals surface area contributed by atoms with Crippen LogP contribution in [-0.4, -0.2) is 37.4 Å². The summed E-state index contributed by atoms with van der Waals surface area (Å²) in [6, 6.07) is 1.76. The molecule has 1 rings (SSSR count). The molecule has 0 saturated carbocycles. The topological polar surface area (TPSA) is 58.6 Å². The number of aliphatic hydroxyl groups is 1. The minimum Gasteiger partial charge on any atom is -0.391 e. The van der Waals surface area contributed by atoms with Crippen molar-refractivity contribution in [2.75, 3.05) is 20.3 Å². The van der Waals surface area contributed by atoms with Gasteiger partial charge < -0.3 is 15.2 Å². The highest BCUT2D eigenvalue weighted by Gasteiger charge is 2.13. The van der Waals surface area contributed by atoms with Crippen LogP contribution in [0.15, 0.2) is 13.6 Å². The van der Waals surface area contributed by atoms with Crippen LogP contribution in [0.1, 0.15) is 16.8 Å². The van der Waals surface area contributed by atoms with E-state index in [9.17, 15) is 9.90 Å². The molecule has 0 fully saturated rings. The average Bonchev–Trinajstić information content (AvgIpc) is 2.58. The molecule has 7 heteroatoms. The number of rotatable bonds is 6. The molecule has 0 radical (unpaired) electrons. The smallest absolute Gasteiger partial charge is 0.253 e. The van der Waals surface area contributed by atoms with Gasteiger partial charge in [0.05, 0.1) is 25.8 Å². The second-order valence-corrected chi connectivity index (χ2v) is 7.14. The Balaban J connectivity index is 2.37. The van der Waals surface area contributed by atoms with Crippen LogP contribution >= 0.6 is 43.2 Å². The highest BCUT2D eigenvalue weighted by Crippen LogP contribution is 2.31. The quantitative estimate of drug-likeness (QED) is 0.789. The standard InChI is InChI=1S/C10H13Br2NO3S/c1-16-5-6(14)2-3-13-10(15)7-4-8(11)17-9(7)12/h4,6,14H,2-3,5H2,1H3,(H,13,15). The number of methoxy groups -OCH3 is 1. The summed E-state index contributed by atoms with van der Waals surface area (Å²) in [6.07, 6.45) is -0.0689. The Morgan fingerprint density at radius 1 is 1.65 bits per heavy atom. The van der Waals surface area contributed by atoms with Gasteiger partial charge in [0.15, 0.2) is 0 Å². The molecule has 0 bridgehead atoms. The van der Waals surface area contributed by atoms with Crippen molar-refractivity contribution in [1.82, 2.24) is 5.32 Å². The molecular weight excluding hydrogens is 374 g/mol. The predicted octanol–water partition coefficient (Wildman–Crippen LogP) is 2.40. The first-order chi connectivity index (χ1) is 8.04. The number of ether oxygens (including phenoxy) is 1. The molecule has 1 heterocycles. The van der Waals surface area contributed by atoms with Gasteiger partial charge in [-0.25, -0.2) is 0 Å². The van der Waals surface area contributed by atoms with Crippen LogP contribution in [0, 0.1) is 0 Å². The Bertz CT molecular complexity index is 384. The van der Waals surface area contributed by atoms with Crippen molar-refractivity contribution in [3.63, 3.8) is 0 Å². The van der Waals surface area contributed by atoms with Crippen LogP contribution in [0.4, 0.5) is 0 Å². The molecule has 0 aliphatic heterocycles. The van der Waals surface area contributed by atoms with Gasteiger partial charge in [0, 0.05) is 13.7 Å². The van der Waals surface area contributed by atoms with Crippen molar-refractivity contribution in [2.24, 2.45) is 0 Å². The van der Waals surface area contributed by atoms with Crippen LogP contribution in [0.2, 0.25) is 0 Å². The van der Waals surface area contributed by atoms with E-state index >= 15 is 0 Å². The molecular formula is C10H13Br2NO3S. The zero-order valence-corrected chi connectivity index (χ0v) is 13.2. The molecule has 96 valence electrons. The van der Waals surface area contributed by atoms with Crippen LogP contribution in [0.25, 0.3) is 0 Å². The maximum Gasteiger partial charge on any atom is 0.253 e. The van der Waals surface area contributed by atoms with Gasteiger partial charge in [-0.2, -0.15) is 0 Å². The van der Waals surface area contributed by atoms with Gasteiger partial charge in [-0.05, 0) is 44.3 Å². The maximum absolute atomic E-state index is 11.8. The van der Waals surface area contributed by atoms with E-state index in [1.807, 2.05) is 0 Å². The third kappa shape index (κ3) is 5.05. The van der Waals surface area contributed by atoms with Gasteiger partial charge in [-0.15, -0.1) is 11.3 Å². The molecule has 0 aliphatic carbocycles. The Morgan fingerprint density at radius 2 is 2.35 bits per heavy atom. The van der Waals surface area contributed by atoms with Crippen molar-refractivity contribution < 1.29 is 14.6 Å². The number of nitrogens with one attached hydrogen (secondary N) is 1. The minimum absolute atomic E-state index is 0.150. The van der Waals surface area contributed by atoms with Gasteiger partial charge in [-0.3, -0.25) is 4.79 Å². The van der Waals surface area contributed by atoms with Crippen LogP contribution < -0.4 is 5.32 Å². The SMILES string of the molecule is COCC(O)CCNC(=O)c1cc(Br)sc1Br. The van der Waals surface area contributed by atoms with E-state index in [-0.39, 0.29) is 12.5 Å². The molecule has 0 spiro atoms. The largest absolute Gasteiger partial charge is 0.391 e. The molecule has 1 aromatic heterocycles. The molecule has 4 nitrogen and oxygen atoms in total. The highest BCUT2D eigenvalue weighted by molar-refractivity contribution is 9.12. The fraction of sp³-hybridized carbons (Fsp3) is 0.500. The van der Waals surface area contributed by atoms with E-state index in [1.54, 1.807) is 6.07 Å². The van der Waals surface area contributed by atoms with E-state index < -0.39 is 6.10 Å². The second kappa shape index (κ2) is 7.48. The lowest BCUT2D eigenvalue weighted by Gasteiger charge is -2.09. The fourth-order valence-electron chi connectivity index (χ4n) is 1.22. The Hall–Kier alpha value is 0.0500. The minimum atomic E-state index is -0.544. The van der Waals surface area contributed by atoms with Crippen molar-refractivity contribution in [3.8, 4) is 0 Å². The number of halogens is 2. The maximum atomic E-state index is 11.8. The first-order valence-corrected chi connectivity index (χ1v) is 7.35. The summed E-state index contributed by atoms with van der Waals surface area (Å²) in [5, 5.41) is 12.1. The summed E-state index contributed by atoms with van der Waals surface area (Å²) in [6.45, 7) is 0.701. The Labute approximate surface area is 121 Å². The lowest BCUT2D eigenvalue weighted by atomic mass is 10.2. The zero-order valence-electron chi connectivity index (χ0n) is 9.20. The Morgan fingerprint density at radius 3 is 2.88 bits per heavy atom. The number of aliphatic hydroxyl groups excluding tert-OH is 1. The molecule has 0 aliphatic rings. The van der Waals surface area contributed by atoms with Gasteiger partial charge >= 0.3 is 0 Å². The average molecular weight is 387 g/mol. The van der Waals surface area contributed by atoms with Crippen molar-refractivity contribution in [2.45, 2.75) is 12.5 Å². The van der Waals surface area contributed by atoms with Gasteiger partial charge in [0.2, 0.25) is 0 Å². The highest BCUT2D eigenvalue weighted by atomic mass is 79.9. The summed E-state index contributed by atoms with van der Waals surface area (Å²) >= 11 is 8.09. The summed E-state index contributed by atoms with van der Waals surface area (Å²) in [7, 11) is 1.53. The lowest BCUT2D eigenvalue weighted by Crippen LogP contribution is -2.28. The van der Waals surface area contributed by atoms with E-state index in [0.717, 1.165) is 7.57 Å². The lowest BCUT2D eigenvalue weighted by molar-refractivity contribution is 0.0587. The molecule has 0 saturated heterocycles. The summed E-state index contributed by atoms with van der Waals surface area (Å²) in [4.78, 5) is 11.8. The first-order valence-electron chi connectivity index (χ1n) is 4.94. The van der Waals surface area contributed by atoms with Crippen molar-refractivity contribution in [1.29, 1.82) is 0 Å². The third-order valence-corrected chi connectivity index (χ3v) is 4.36. The molecule has 1 amide bonds. The van der Waals surface area contributed by atoms with E-state index in [1.165, 1.54) is 18.4 Å². The second-order valence-electron chi connectivity index (χ2n) is 3.39. The van der Waals surface area contributed by atoms with Crippen LogP contribution in [0.5, 0.6) is 0 Å². The van der Waals surface area contributed by atoms with Crippen LogP contribution in [0.3, 0.4) is 0 Å². The van der Waals surface area contributed by atoms with Gasteiger partial charge in [0.1, 0.15) is 0 Å². The molecule has 2 N–H and O–H groups in total. The van der Waals surface area contributed by atoms with Gasteiger partial charge in [0.25, 0.3) is 5.91 Å². The van der Waals surface area contributed by atoms with Crippen molar-refractivity contribution in [3.05, 3.63) is 19.2 Å². The number of thiophene rings is 1. The summed E-state index contributed by atoms with van der Waals surface area (Å²) < 4.78 is 6.48. The molecule has 17 heavy (non-hydrogen) atoms. The van der Waals surface area contributed by atoms with Crippen molar-refractivity contribution >= 4 is 49.1 Å². The molecule has 1 unspecified atom stereocenters. The number of hydrogen-bond acceptors (Lipinski definition) is 4. The van der Waals surface area contributed by atoms with E-state index in [4.69, 9.17) is 4.74 Å². The van der Waals surface area contributed by atoms with Crippen LogP contribution in [-0.2, 0) is 4.74 Å². The molecule has 1 atom stereocenters. The third-order valence-electron chi connectivity index (χ3n) is 2.02. The summed E-state index contributed by atoms with van der Waals surface area (Å²) in [5.41, 5.74) is 0.600. The number of hydrogen-bond donors (Lipinski definition) is 2. The Kier molecular flexibility index (Phi) is 6.65. The molecule has 0 aromatic carbocycles. The predicted molar refractivity (Wildman–Crippen MR) is 74.6 cm³/mol. The van der Waals surface area contributed by atoms with E-state index in [0.29, 0.717) is 18.5 Å².